The second kappa shape index (κ2) is 8.12. The predicted octanol–water partition coefficient (Wildman–Crippen LogP) is 3.75. The summed E-state index contributed by atoms with van der Waals surface area (Å²) < 4.78 is 12.9. The second-order valence-electron chi connectivity index (χ2n) is 7.37. The highest BCUT2D eigenvalue weighted by atomic mass is 16.5. The van der Waals surface area contributed by atoms with Crippen molar-refractivity contribution in [2.45, 2.75) is 13.5 Å². The third kappa shape index (κ3) is 3.84. The molecule has 1 aliphatic rings. The van der Waals surface area contributed by atoms with E-state index < -0.39 is 0 Å². The highest BCUT2D eigenvalue weighted by Gasteiger charge is 2.18. The van der Waals surface area contributed by atoms with Crippen LogP contribution in [0.4, 0.5) is 5.82 Å². The third-order valence-corrected chi connectivity index (χ3v) is 5.11. The molecule has 1 fully saturated rings. The van der Waals surface area contributed by atoms with Gasteiger partial charge in [0.1, 0.15) is 11.5 Å². The van der Waals surface area contributed by atoms with E-state index in [-0.39, 0.29) is 0 Å². The Morgan fingerprint density at radius 2 is 2.00 bits per heavy atom. The van der Waals surface area contributed by atoms with E-state index in [9.17, 15) is 0 Å². The molecule has 5 rings (SSSR count). The van der Waals surface area contributed by atoms with E-state index in [1.807, 2.05) is 35.0 Å². The first-order chi connectivity index (χ1) is 14.8. The standard InChI is InChI=1S/C23H23N5O2/c1-17-4-2-5-18(12-17)15-24-16-19-13-23(27-7-10-29-11-8-27)28-22(25-19)14-20(26-28)21-6-3-9-30-21/h2-6,9,12-15H,7-8,10-11,16H2,1H3. The lowest BCUT2D eigenvalue weighted by Crippen LogP contribution is -2.37. The minimum atomic E-state index is 0.503. The Labute approximate surface area is 174 Å². The molecular formula is C23H23N5O2. The average Bonchev–Trinajstić information content (AvgIpc) is 3.44. The van der Waals surface area contributed by atoms with Crippen LogP contribution in [0.15, 0.2) is 64.2 Å². The predicted molar refractivity (Wildman–Crippen MR) is 116 cm³/mol. The molecule has 0 bridgehead atoms. The quantitative estimate of drug-likeness (QED) is 0.477. The summed E-state index contributed by atoms with van der Waals surface area (Å²) in [6.45, 7) is 5.64. The van der Waals surface area contributed by atoms with Crippen LogP contribution in [0.5, 0.6) is 0 Å². The van der Waals surface area contributed by atoms with Crippen molar-refractivity contribution in [3.05, 3.63) is 71.6 Å². The van der Waals surface area contributed by atoms with E-state index in [4.69, 9.17) is 19.2 Å². The number of furan rings is 1. The summed E-state index contributed by atoms with van der Waals surface area (Å²) in [5.41, 5.74) is 4.76. The summed E-state index contributed by atoms with van der Waals surface area (Å²) in [4.78, 5) is 11.7. The third-order valence-electron chi connectivity index (χ3n) is 5.11. The topological polar surface area (TPSA) is 68.2 Å². The Morgan fingerprint density at radius 1 is 1.10 bits per heavy atom. The fourth-order valence-corrected chi connectivity index (χ4v) is 3.65. The molecule has 3 aromatic heterocycles. The highest BCUT2D eigenvalue weighted by molar-refractivity contribution is 5.79. The van der Waals surface area contributed by atoms with Crippen molar-refractivity contribution in [1.82, 2.24) is 14.6 Å². The van der Waals surface area contributed by atoms with Gasteiger partial charge in [0.15, 0.2) is 11.4 Å². The summed E-state index contributed by atoms with van der Waals surface area (Å²) in [5.74, 6) is 1.73. The molecule has 1 saturated heterocycles. The molecule has 1 aromatic carbocycles. The van der Waals surface area contributed by atoms with Crippen molar-refractivity contribution < 1.29 is 9.15 Å². The molecule has 4 aromatic rings. The van der Waals surface area contributed by atoms with Crippen molar-refractivity contribution in [1.29, 1.82) is 0 Å². The van der Waals surface area contributed by atoms with E-state index >= 15 is 0 Å². The van der Waals surface area contributed by atoms with Gasteiger partial charge in [0.05, 0.1) is 31.7 Å². The van der Waals surface area contributed by atoms with Gasteiger partial charge in [0.25, 0.3) is 0 Å². The van der Waals surface area contributed by atoms with E-state index in [1.54, 1.807) is 6.26 Å². The van der Waals surface area contributed by atoms with Gasteiger partial charge < -0.3 is 14.1 Å². The fourth-order valence-electron chi connectivity index (χ4n) is 3.65. The van der Waals surface area contributed by atoms with Crippen LogP contribution in [0.1, 0.15) is 16.8 Å². The molecule has 4 heterocycles. The molecule has 30 heavy (non-hydrogen) atoms. The van der Waals surface area contributed by atoms with Crippen LogP contribution in [0.25, 0.3) is 17.1 Å². The van der Waals surface area contributed by atoms with E-state index in [2.05, 4.69) is 41.1 Å². The number of hydrogen-bond donors (Lipinski definition) is 0. The molecule has 0 aliphatic carbocycles. The maximum atomic E-state index is 5.53. The zero-order chi connectivity index (χ0) is 20.3. The minimum absolute atomic E-state index is 0.503. The van der Waals surface area contributed by atoms with Gasteiger partial charge in [-0.15, -0.1) is 0 Å². The maximum Gasteiger partial charge on any atom is 0.158 e. The zero-order valence-corrected chi connectivity index (χ0v) is 16.9. The van der Waals surface area contributed by atoms with Crippen LogP contribution >= 0.6 is 0 Å². The average molecular weight is 401 g/mol. The molecule has 152 valence electrons. The number of fused-ring (bicyclic) bond motifs is 1. The normalized spacial score (nSPS) is 14.8. The van der Waals surface area contributed by atoms with Crippen LogP contribution in [0.2, 0.25) is 0 Å². The zero-order valence-electron chi connectivity index (χ0n) is 16.9. The Bertz CT molecular complexity index is 1170. The molecule has 1 aliphatic heterocycles. The van der Waals surface area contributed by atoms with E-state index in [0.717, 1.165) is 47.3 Å². The number of rotatable bonds is 5. The number of morpholine rings is 1. The monoisotopic (exact) mass is 401 g/mol. The minimum Gasteiger partial charge on any atom is -0.463 e. The molecule has 0 unspecified atom stereocenters. The van der Waals surface area contributed by atoms with Crippen LogP contribution < -0.4 is 4.90 Å². The summed E-state index contributed by atoms with van der Waals surface area (Å²) in [6, 6.07) is 16.1. The molecule has 0 N–H and O–H groups in total. The summed E-state index contributed by atoms with van der Waals surface area (Å²) in [6.07, 6.45) is 3.55. The number of hydrogen-bond acceptors (Lipinski definition) is 6. The van der Waals surface area contributed by atoms with Gasteiger partial charge in [0, 0.05) is 31.4 Å². The van der Waals surface area contributed by atoms with Gasteiger partial charge in [-0.3, -0.25) is 4.99 Å². The van der Waals surface area contributed by atoms with Crippen LogP contribution in [-0.4, -0.2) is 47.1 Å². The number of aromatic nitrogens is 3. The molecule has 0 amide bonds. The smallest absolute Gasteiger partial charge is 0.158 e. The maximum absolute atomic E-state index is 5.53. The lowest BCUT2D eigenvalue weighted by molar-refractivity contribution is 0.122. The van der Waals surface area contributed by atoms with Gasteiger partial charge in [-0.2, -0.15) is 9.61 Å². The van der Waals surface area contributed by atoms with Crippen molar-refractivity contribution in [3.63, 3.8) is 0 Å². The summed E-state index contributed by atoms with van der Waals surface area (Å²) >= 11 is 0. The highest BCUT2D eigenvalue weighted by Crippen LogP contribution is 2.25. The first kappa shape index (κ1) is 18.6. The second-order valence-corrected chi connectivity index (χ2v) is 7.37. The summed E-state index contributed by atoms with van der Waals surface area (Å²) in [7, 11) is 0. The van der Waals surface area contributed by atoms with Gasteiger partial charge >= 0.3 is 0 Å². The van der Waals surface area contributed by atoms with Crippen LogP contribution in [-0.2, 0) is 11.3 Å². The molecule has 0 radical (unpaired) electrons. The van der Waals surface area contributed by atoms with Crippen molar-refractivity contribution in [2.24, 2.45) is 4.99 Å². The largest absolute Gasteiger partial charge is 0.463 e. The molecule has 7 heteroatoms. The summed E-state index contributed by atoms with van der Waals surface area (Å²) in [5, 5.41) is 4.75. The fraction of sp³-hybridized carbons (Fsp3) is 0.261. The Morgan fingerprint density at radius 3 is 2.80 bits per heavy atom. The van der Waals surface area contributed by atoms with Gasteiger partial charge in [-0.1, -0.05) is 29.8 Å². The SMILES string of the molecule is Cc1cccc(C=NCc2cc(N3CCOCC3)n3nc(-c4ccco4)cc3n2)c1. The van der Waals surface area contributed by atoms with Gasteiger partial charge in [0.2, 0.25) is 0 Å². The molecule has 0 saturated carbocycles. The number of aliphatic imine (C=N–C) groups is 1. The molecule has 0 atom stereocenters. The van der Waals surface area contributed by atoms with Crippen molar-refractivity contribution in [2.75, 3.05) is 31.2 Å². The lowest BCUT2D eigenvalue weighted by atomic mass is 10.1. The number of anilines is 1. The van der Waals surface area contributed by atoms with Gasteiger partial charge in [-0.25, -0.2) is 4.98 Å². The molecule has 0 spiro atoms. The first-order valence-corrected chi connectivity index (χ1v) is 10.1. The van der Waals surface area contributed by atoms with Crippen LogP contribution in [0.3, 0.4) is 0 Å². The first-order valence-electron chi connectivity index (χ1n) is 10.1. The number of aryl methyl sites for hydroxylation is 1. The number of nitrogens with zero attached hydrogens (tertiary/aromatic N) is 5. The lowest BCUT2D eigenvalue weighted by Gasteiger charge is -2.29. The van der Waals surface area contributed by atoms with E-state index in [1.165, 1.54) is 5.56 Å². The number of ether oxygens (including phenoxy) is 1. The molecular weight excluding hydrogens is 378 g/mol. The van der Waals surface area contributed by atoms with Crippen molar-refractivity contribution in [3.8, 4) is 11.5 Å². The Hall–Kier alpha value is -3.45. The van der Waals surface area contributed by atoms with Gasteiger partial charge in [-0.05, 0) is 24.6 Å². The number of benzene rings is 1. The Balaban J connectivity index is 1.50. The Kier molecular flexibility index (Phi) is 5.03. The molecule has 7 nitrogen and oxygen atoms in total. The van der Waals surface area contributed by atoms with E-state index in [0.29, 0.717) is 19.8 Å². The van der Waals surface area contributed by atoms with Crippen molar-refractivity contribution >= 4 is 17.7 Å². The van der Waals surface area contributed by atoms with Crippen LogP contribution in [0, 0.1) is 6.92 Å².